The molecule has 1 rings (SSSR count). The lowest BCUT2D eigenvalue weighted by Crippen LogP contribution is -2.00. The van der Waals surface area contributed by atoms with E-state index in [0.29, 0.717) is 5.02 Å². The minimum Gasteiger partial charge on any atom is -0.458 e. The van der Waals surface area contributed by atoms with Crippen LogP contribution < -0.4 is 0 Å². The van der Waals surface area contributed by atoms with Crippen molar-refractivity contribution in [3.63, 3.8) is 0 Å². The zero-order valence-electron chi connectivity index (χ0n) is 7.87. The molecule has 0 atom stereocenters. The van der Waals surface area contributed by atoms with E-state index < -0.39 is 0 Å². The number of carbonyl (C=O) groups excluding carboxylic acids is 1. The van der Waals surface area contributed by atoms with Crippen molar-refractivity contribution in [2.45, 2.75) is 13.5 Å². The fourth-order valence-electron chi connectivity index (χ4n) is 0.965. The van der Waals surface area contributed by atoms with Gasteiger partial charge in [0.25, 0.3) is 0 Å². The molecule has 0 aromatic heterocycles. The van der Waals surface area contributed by atoms with E-state index in [1.165, 1.54) is 6.08 Å². The van der Waals surface area contributed by atoms with Crippen molar-refractivity contribution in [2.24, 2.45) is 0 Å². The van der Waals surface area contributed by atoms with Gasteiger partial charge >= 0.3 is 5.97 Å². The van der Waals surface area contributed by atoms with Crippen LogP contribution in [0, 0.1) is 0 Å². The van der Waals surface area contributed by atoms with E-state index in [9.17, 15) is 4.79 Å². The number of esters is 1. The molecule has 0 N–H and O–H groups in total. The Bertz CT molecular complexity index is 345. The molecular weight excluding hydrogens is 200 g/mol. The predicted molar refractivity (Wildman–Crippen MR) is 56.1 cm³/mol. The van der Waals surface area contributed by atoms with E-state index in [-0.39, 0.29) is 12.6 Å². The zero-order valence-corrected chi connectivity index (χ0v) is 8.62. The smallest absolute Gasteiger partial charge is 0.330 e. The largest absolute Gasteiger partial charge is 0.458 e. The Morgan fingerprint density at radius 2 is 2.36 bits per heavy atom. The normalized spacial score (nSPS) is 10.4. The Labute approximate surface area is 88.1 Å². The van der Waals surface area contributed by atoms with Gasteiger partial charge in [0.05, 0.1) is 0 Å². The lowest BCUT2D eigenvalue weighted by atomic mass is 10.2. The van der Waals surface area contributed by atoms with Gasteiger partial charge in [-0.2, -0.15) is 0 Å². The van der Waals surface area contributed by atoms with Crippen LogP contribution in [0.2, 0.25) is 5.02 Å². The van der Waals surface area contributed by atoms with Crippen LogP contribution in [0.1, 0.15) is 12.5 Å². The van der Waals surface area contributed by atoms with Crippen LogP contribution in [0.4, 0.5) is 0 Å². The first-order chi connectivity index (χ1) is 6.72. The number of halogens is 1. The summed E-state index contributed by atoms with van der Waals surface area (Å²) < 4.78 is 4.94. The maximum Gasteiger partial charge on any atom is 0.330 e. The van der Waals surface area contributed by atoms with Gasteiger partial charge in [0.1, 0.15) is 6.61 Å². The fourth-order valence-corrected chi connectivity index (χ4v) is 1.18. The Morgan fingerprint density at radius 3 is 3.00 bits per heavy atom. The second-order valence-corrected chi connectivity index (χ2v) is 3.17. The van der Waals surface area contributed by atoms with Crippen molar-refractivity contribution in [1.82, 2.24) is 0 Å². The molecule has 1 aromatic rings. The Kier molecular flexibility index (Phi) is 4.20. The first-order valence-electron chi connectivity index (χ1n) is 4.26. The molecule has 0 unspecified atom stereocenters. The van der Waals surface area contributed by atoms with Gasteiger partial charge in [-0.1, -0.05) is 29.8 Å². The van der Waals surface area contributed by atoms with Crippen LogP contribution in [0.3, 0.4) is 0 Å². The average molecular weight is 211 g/mol. The van der Waals surface area contributed by atoms with Gasteiger partial charge in [-0.15, -0.1) is 0 Å². The first-order valence-corrected chi connectivity index (χ1v) is 4.64. The third kappa shape index (κ3) is 3.62. The van der Waals surface area contributed by atoms with Crippen LogP contribution in [-0.4, -0.2) is 5.97 Å². The standard InChI is InChI=1S/C11H11ClO2/c1-2-4-11(13)14-8-9-5-3-6-10(12)7-9/h2-7H,8H2,1H3/b4-2+. The monoisotopic (exact) mass is 210 g/mol. The lowest BCUT2D eigenvalue weighted by molar-refractivity contribution is -0.139. The topological polar surface area (TPSA) is 26.3 Å². The highest BCUT2D eigenvalue weighted by Crippen LogP contribution is 2.11. The highest BCUT2D eigenvalue weighted by atomic mass is 35.5. The Hall–Kier alpha value is -1.28. The van der Waals surface area contributed by atoms with Crippen molar-refractivity contribution in [1.29, 1.82) is 0 Å². The van der Waals surface area contributed by atoms with E-state index in [4.69, 9.17) is 16.3 Å². The molecule has 0 aliphatic carbocycles. The van der Waals surface area contributed by atoms with Gasteiger partial charge in [0.15, 0.2) is 0 Å². The summed E-state index contributed by atoms with van der Waals surface area (Å²) in [5.74, 6) is -0.340. The predicted octanol–water partition coefficient (Wildman–Crippen LogP) is 2.96. The average Bonchev–Trinajstić information content (AvgIpc) is 2.15. The van der Waals surface area contributed by atoms with Crippen molar-refractivity contribution in [2.75, 3.05) is 0 Å². The lowest BCUT2D eigenvalue weighted by Gasteiger charge is -2.02. The summed E-state index contributed by atoms with van der Waals surface area (Å²) in [5.41, 5.74) is 0.885. The third-order valence-corrected chi connectivity index (χ3v) is 1.81. The van der Waals surface area contributed by atoms with Gasteiger partial charge in [-0.05, 0) is 24.6 Å². The highest BCUT2D eigenvalue weighted by molar-refractivity contribution is 6.30. The Morgan fingerprint density at radius 1 is 1.57 bits per heavy atom. The number of hydrogen-bond donors (Lipinski definition) is 0. The summed E-state index contributed by atoms with van der Waals surface area (Å²) in [5, 5.41) is 0.643. The van der Waals surface area contributed by atoms with Crippen molar-refractivity contribution < 1.29 is 9.53 Å². The van der Waals surface area contributed by atoms with E-state index in [0.717, 1.165) is 5.56 Å². The minimum atomic E-state index is -0.340. The molecule has 0 bridgehead atoms. The van der Waals surface area contributed by atoms with Crippen molar-refractivity contribution in [3.05, 3.63) is 47.0 Å². The van der Waals surface area contributed by atoms with E-state index in [1.54, 1.807) is 25.1 Å². The zero-order chi connectivity index (χ0) is 10.4. The number of hydrogen-bond acceptors (Lipinski definition) is 2. The summed E-state index contributed by atoms with van der Waals surface area (Å²) in [6.45, 7) is 2.02. The highest BCUT2D eigenvalue weighted by Gasteiger charge is 1.98. The molecule has 0 fully saturated rings. The molecule has 0 saturated heterocycles. The summed E-state index contributed by atoms with van der Waals surface area (Å²) in [7, 11) is 0. The van der Waals surface area contributed by atoms with Crippen LogP contribution >= 0.6 is 11.6 Å². The van der Waals surface area contributed by atoms with Gasteiger partial charge in [0.2, 0.25) is 0 Å². The SMILES string of the molecule is C/C=C/C(=O)OCc1cccc(Cl)c1. The van der Waals surface area contributed by atoms with Crippen molar-refractivity contribution in [3.8, 4) is 0 Å². The molecule has 0 amide bonds. The van der Waals surface area contributed by atoms with Crippen LogP contribution in [0.15, 0.2) is 36.4 Å². The van der Waals surface area contributed by atoms with Gasteiger partial charge in [-0.25, -0.2) is 4.79 Å². The number of carbonyl (C=O) groups is 1. The van der Waals surface area contributed by atoms with E-state index in [2.05, 4.69) is 0 Å². The minimum absolute atomic E-state index is 0.254. The van der Waals surface area contributed by atoms with E-state index in [1.807, 2.05) is 12.1 Å². The maximum absolute atomic E-state index is 11.0. The summed E-state index contributed by atoms with van der Waals surface area (Å²) in [4.78, 5) is 11.0. The molecule has 0 radical (unpaired) electrons. The summed E-state index contributed by atoms with van der Waals surface area (Å²) in [6.07, 6.45) is 3.02. The van der Waals surface area contributed by atoms with Crippen LogP contribution in [0.25, 0.3) is 0 Å². The molecule has 3 heteroatoms. The third-order valence-electron chi connectivity index (χ3n) is 1.57. The van der Waals surface area contributed by atoms with Crippen molar-refractivity contribution >= 4 is 17.6 Å². The fraction of sp³-hybridized carbons (Fsp3) is 0.182. The van der Waals surface area contributed by atoms with E-state index >= 15 is 0 Å². The number of benzene rings is 1. The maximum atomic E-state index is 11.0. The van der Waals surface area contributed by atoms with Crippen LogP contribution in [-0.2, 0) is 16.1 Å². The summed E-state index contributed by atoms with van der Waals surface area (Å²) >= 11 is 5.77. The molecule has 0 aliphatic rings. The first kappa shape index (κ1) is 10.8. The Balaban J connectivity index is 2.49. The number of rotatable bonds is 3. The second kappa shape index (κ2) is 5.45. The molecule has 74 valence electrons. The molecule has 14 heavy (non-hydrogen) atoms. The molecule has 2 nitrogen and oxygen atoms in total. The van der Waals surface area contributed by atoms with Gasteiger partial charge in [-0.3, -0.25) is 0 Å². The van der Waals surface area contributed by atoms with Gasteiger partial charge < -0.3 is 4.74 Å². The molecule has 0 heterocycles. The van der Waals surface area contributed by atoms with Crippen LogP contribution in [0.5, 0.6) is 0 Å². The molecule has 0 saturated carbocycles. The number of ether oxygens (including phenoxy) is 1. The van der Waals surface area contributed by atoms with Gasteiger partial charge in [0, 0.05) is 11.1 Å². The second-order valence-electron chi connectivity index (χ2n) is 2.74. The quantitative estimate of drug-likeness (QED) is 0.567. The molecular formula is C11H11ClO2. The molecule has 0 aliphatic heterocycles. The molecule has 0 spiro atoms. The summed E-state index contributed by atoms with van der Waals surface area (Å²) in [6, 6.07) is 7.22. The molecule has 1 aromatic carbocycles. The number of allylic oxidation sites excluding steroid dienone is 1.